The Bertz CT molecular complexity index is 1350. The van der Waals surface area contributed by atoms with E-state index >= 15 is 0 Å². The van der Waals surface area contributed by atoms with Crippen molar-refractivity contribution in [3.8, 4) is 5.75 Å². The normalized spacial score (nSPS) is 13.7. The van der Waals surface area contributed by atoms with Crippen LogP contribution in [-0.2, 0) is 35.9 Å². The van der Waals surface area contributed by atoms with Crippen LogP contribution >= 0.6 is 0 Å². The van der Waals surface area contributed by atoms with E-state index in [-0.39, 0.29) is 18.1 Å². The number of benzene rings is 2. The number of nitrogens with one attached hydrogen (secondary N) is 1. The first kappa shape index (κ1) is 29.5. The molecule has 9 heteroatoms. The van der Waals surface area contributed by atoms with Gasteiger partial charge in [0.15, 0.2) is 0 Å². The Balaban J connectivity index is 1.72. The summed E-state index contributed by atoms with van der Waals surface area (Å²) >= 11 is 0. The maximum Gasteiger partial charge on any atom is 0.264 e. The monoisotopic (exact) mass is 542 g/mol. The summed E-state index contributed by atoms with van der Waals surface area (Å²) in [5.41, 5.74) is 1.98. The van der Waals surface area contributed by atoms with Gasteiger partial charge >= 0.3 is 0 Å². The summed E-state index contributed by atoms with van der Waals surface area (Å²) in [6.45, 7) is 10.5. The zero-order chi connectivity index (χ0) is 28.0. The van der Waals surface area contributed by atoms with Crippen molar-refractivity contribution in [3.05, 3.63) is 71.4 Å². The molecule has 0 aliphatic carbocycles. The molecule has 1 N–H and O–H groups in total. The summed E-state index contributed by atoms with van der Waals surface area (Å²) in [5.74, 6) is 0.294. The fraction of sp³-hybridized carbons (Fsp3) is 0.448. The zero-order valence-corrected chi connectivity index (χ0v) is 23.9. The first-order valence-corrected chi connectivity index (χ1v) is 14.4. The van der Waals surface area contributed by atoms with Crippen LogP contribution in [0, 0.1) is 6.92 Å². The van der Waals surface area contributed by atoms with E-state index in [0.29, 0.717) is 37.5 Å². The van der Waals surface area contributed by atoms with Gasteiger partial charge in [-0.3, -0.25) is 14.0 Å². The Morgan fingerprint density at radius 2 is 1.71 bits per heavy atom. The van der Waals surface area contributed by atoms with Gasteiger partial charge in [-0.2, -0.15) is 8.42 Å². The smallest absolute Gasteiger partial charge is 0.264 e. The van der Waals surface area contributed by atoms with Crippen molar-refractivity contribution in [3.63, 3.8) is 0 Å². The highest BCUT2D eigenvalue weighted by atomic mass is 32.2. The molecular weight excluding hydrogens is 504 g/mol. The molecule has 0 saturated heterocycles. The molecule has 0 fully saturated rings. The minimum absolute atomic E-state index is 0.255. The Morgan fingerprint density at radius 3 is 2.37 bits per heavy atom. The molecule has 1 aromatic heterocycles. The molecule has 1 amide bonds. The third kappa shape index (κ3) is 8.51. The second kappa shape index (κ2) is 12.2. The lowest BCUT2D eigenvalue weighted by molar-refractivity contribution is -0.127. The van der Waals surface area contributed by atoms with Crippen LogP contribution in [0.5, 0.6) is 5.75 Å². The standard InChI is InChI=1S/C29H38N2O6S/c1-21-18-22(25-10-7-8-11-26(25)31-21)19-35-24-14-12-23(13-15-24)29(5,20-37-38(6,33)34)27(32)30-16-9-17-36-28(2,3)4/h7-8,10-15,18H,9,16-17,19-20H2,1-6H3,(H,30,32). The molecule has 0 bridgehead atoms. The van der Waals surface area contributed by atoms with Gasteiger partial charge in [0.1, 0.15) is 12.4 Å². The molecule has 0 aliphatic rings. The Morgan fingerprint density at radius 1 is 1.03 bits per heavy atom. The summed E-state index contributed by atoms with van der Waals surface area (Å²) in [7, 11) is -3.74. The van der Waals surface area contributed by atoms with Gasteiger partial charge in [0, 0.05) is 29.8 Å². The molecule has 0 spiro atoms. The van der Waals surface area contributed by atoms with Gasteiger partial charge in [0.05, 0.1) is 29.4 Å². The average Bonchev–Trinajstić information content (AvgIpc) is 2.84. The maximum atomic E-state index is 13.2. The molecule has 2 aromatic carbocycles. The van der Waals surface area contributed by atoms with E-state index in [1.807, 2.05) is 58.0 Å². The Kier molecular flexibility index (Phi) is 9.51. The number of nitrogens with zero attached hydrogens (tertiary/aromatic N) is 1. The van der Waals surface area contributed by atoms with E-state index in [1.54, 1.807) is 31.2 Å². The Labute approximate surface area is 225 Å². The van der Waals surface area contributed by atoms with Gasteiger partial charge in [-0.25, -0.2) is 0 Å². The number of aryl methyl sites for hydroxylation is 1. The molecular formula is C29H38N2O6S. The van der Waals surface area contributed by atoms with Gasteiger partial charge in [0.25, 0.3) is 10.1 Å². The molecule has 0 radical (unpaired) electrons. The van der Waals surface area contributed by atoms with Crippen molar-refractivity contribution < 1.29 is 26.9 Å². The van der Waals surface area contributed by atoms with Gasteiger partial charge in [0.2, 0.25) is 5.91 Å². The van der Waals surface area contributed by atoms with Crippen molar-refractivity contribution in [1.29, 1.82) is 0 Å². The summed E-state index contributed by atoms with van der Waals surface area (Å²) in [4.78, 5) is 17.8. The molecule has 1 atom stereocenters. The molecule has 206 valence electrons. The molecule has 38 heavy (non-hydrogen) atoms. The number of fused-ring (bicyclic) bond motifs is 1. The number of ether oxygens (including phenoxy) is 2. The zero-order valence-electron chi connectivity index (χ0n) is 23.0. The topological polar surface area (TPSA) is 104 Å². The predicted molar refractivity (Wildman–Crippen MR) is 149 cm³/mol. The average molecular weight is 543 g/mol. The minimum atomic E-state index is -3.74. The SMILES string of the molecule is Cc1cc(COc2ccc(C(C)(COS(C)(=O)=O)C(=O)NCCCOC(C)(C)C)cc2)c2ccccc2n1. The summed E-state index contributed by atoms with van der Waals surface area (Å²) < 4.78 is 40.3. The van der Waals surface area contributed by atoms with Crippen LogP contribution in [0.1, 0.15) is 50.9 Å². The lowest BCUT2D eigenvalue weighted by atomic mass is 9.82. The van der Waals surface area contributed by atoms with Crippen LogP contribution in [-0.4, -0.2) is 50.9 Å². The Hall–Kier alpha value is -3.01. The van der Waals surface area contributed by atoms with E-state index in [1.165, 1.54) is 0 Å². The highest BCUT2D eigenvalue weighted by Crippen LogP contribution is 2.28. The molecule has 0 saturated carbocycles. The van der Waals surface area contributed by atoms with Crippen LogP contribution in [0.25, 0.3) is 10.9 Å². The predicted octanol–water partition coefficient (Wildman–Crippen LogP) is 4.68. The molecule has 3 aromatic rings. The molecule has 1 heterocycles. The molecule has 1 unspecified atom stereocenters. The lowest BCUT2D eigenvalue weighted by Crippen LogP contribution is -2.46. The first-order valence-electron chi connectivity index (χ1n) is 12.6. The quantitative estimate of drug-likeness (QED) is 0.262. The van der Waals surface area contributed by atoms with Gasteiger partial charge < -0.3 is 14.8 Å². The number of carbonyl (C=O) groups is 1. The fourth-order valence-corrected chi connectivity index (χ4v) is 4.40. The number of para-hydroxylation sites is 1. The highest BCUT2D eigenvalue weighted by Gasteiger charge is 2.37. The molecule has 8 nitrogen and oxygen atoms in total. The van der Waals surface area contributed by atoms with Crippen LogP contribution in [0.15, 0.2) is 54.6 Å². The van der Waals surface area contributed by atoms with E-state index in [9.17, 15) is 13.2 Å². The van der Waals surface area contributed by atoms with Gasteiger partial charge in [-0.05, 0) is 70.9 Å². The van der Waals surface area contributed by atoms with Crippen LogP contribution in [0.3, 0.4) is 0 Å². The van der Waals surface area contributed by atoms with E-state index in [4.69, 9.17) is 13.7 Å². The lowest BCUT2D eigenvalue weighted by Gasteiger charge is -2.28. The van der Waals surface area contributed by atoms with Gasteiger partial charge in [-0.1, -0.05) is 30.3 Å². The van der Waals surface area contributed by atoms with E-state index < -0.39 is 15.5 Å². The largest absolute Gasteiger partial charge is 0.489 e. The number of carbonyl (C=O) groups excluding carboxylic acids is 1. The first-order chi connectivity index (χ1) is 17.8. The van der Waals surface area contributed by atoms with E-state index in [2.05, 4.69) is 10.3 Å². The van der Waals surface area contributed by atoms with E-state index in [0.717, 1.165) is 28.4 Å². The number of rotatable bonds is 12. The summed E-state index contributed by atoms with van der Waals surface area (Å²) in [6, 6.07) is 17.0. The summed E-state index contributed by atoms with van der Waals surface area (Å²) in [6.07, 6.45) is 1.60. The van der Waals surface area contributed by atoms with Crippen molar-refractivity contribution in [2.75, 3.05) is 26.0 Å². The fourth-order valence-electron chi connectivity index (χ4n) is 3.95. The van der Waals surface area contributed by atoms with Crippen LogP contribution in [0.4, 0.5) is 0 Å². The van der Waals surface area contributed by atoms with Crippen molar-refractivity contribution in [1.82, 2.24) is 10.3 Å². The number of hydrogen-bond acceptors (Lipinski definition) is 7. The molecule has 0 aliphatic heterocycles. The van der Waals surface area contributed by atoms with Crippen LogP contribution < -0.4 is 10.1 Å². The number of pyridine rings is 1. The minimum Gasteiger partial charge on any atom is -0.489 e. The van der Waals surface area contributed by atoms with Gasteiger partial charge in [-0.15, -0.1) is 0 Å². The van der Waals surface area contributed by atoms with Crippen molar-refractivity contribution in [2.24, 2.45) is 0 Å². The summed E-state index contributed by atoms with van der Waals surface area (Å²) in [5, 5.41) is 3.93. The van der Waals surface area contributed by atoms with Crippen molar-refractivity contribution >= 4 is 26.9 Å². The van der Waals surface area contributed by atoms with Crippen molar-refractivity contribution in [2.45, 2.75) is 58.7 Å². The third-order valence-electron chi connectivity index (χ3n) is 6.02. The number of aromatic nitrogens is 1. The van der Waals surface area contributed by atoms with Crippen LogP contribution in [0.2, 0.25) is 0 Å². The molecule has 3 rings (SSSR count). The maximum absolute atomic E-state index is 13.2. The number of hydrogen-bond donors (Lipinski definition) is 1. The highest BCUT2D eigenvalue weighted by molar-refractivity contribution is 7.85. The third-order valence-corrected chi connectivity index (χ3v) is 6.57. The number of amides is 1. The second-order valence-electron chi connectivity index (χ2n) is 10.6. The second-order valence-corrected chi connectivity index (χ2v) is 12.3.